The lowest BCUT2D eigenvalue weighted by Crippen LogP contribution is -2.33. The number of nitrogens with zero attached hydrogens (tertiary/aromatic N) is 3. The Labute approximate surface area is 163 Å². The van der Waals surface area contributed by atoms with Crippen LogP contribution < -0.4 is 5.32 Å². The van der Waals surface area contributed by atoms with Crippen molar-refractivity contribution in [3.63, 3.8) is 0 Å². The lowest BCUT2D eigenvalue weighted by atomic mass is 10.2. The van der Waals surface area contributed by atoms with Crippen molar-refractivity contribution in [2.24, 2.45) is 0 Å². The van der Waals surface area contributed by atoms with Crippen LogP contribution in [0.15, 0.2) is 29.9 Å². The second-order valence-corrected chi connectivity index (χ2v) is 8.08. The zero-order chi connectivity index (χ0) is 19.9. The van der Waals surface area contributed by atoms with Crippen LogP contribution >= 0.6 is 11.3 Å². The van der Waals surface area contributed by atoms with Gasteiger partial charge < -0.3 is 15.0 Å². The summed E-state index contributed by atoms with van der Waals surface area (Å²) in [6, 6.07) is 3.88. The summed E-state index contributed by atoms with van der Waals surface area (Å²) in [5, 5.41) is 5.25. The van der Waals surface area contributed by atoms with E-state index in [4.69, 9.17) is 4.74 Å². The first-order valence-corrected chi connectivity index (χ1v) is 9.68. The highest BCUT2D eigenvalue weighted by Gasteiger charge is 2.17. The van der Waals surface area contributed by atoms with Crippen LogP contribution in [0.3, 0.4) is 0 Å². The molecule has 0 atom stereocenters. The normalized spacial score (nSPS) is 11.1. The second-order valence-electron chi connectivity index (χ2n) is 7.14. The van der Waals surface area contributed by atoms with Crippen LogP contribution in [0.25, 0.3) is 0 Å². The average Bonchev–Trinajstić information content (AvgIpc) is 3.07. The summed E-state index contributed by atoms with van der Waals surface area (Å²) in [6.07, 6.45) is 4.36. The fourth-order valence-corrected chi connectivity index (χ4v) is 3.03. The minimum Gasteiger partial charge on any atom is -0.444 e. The highest BCUT2D eigenvalue weighted by Crippen LogP contribution is 2.13. The van der Waals surface area contributed by atoms with Gasteiger partial charge in [0.05, 0.1) is 5.01 Å². The van der Waals surface area contributed by atoms with Crippen molar-refractivity contribution in [3.8, 4) is 0 Å². The lowest BCUT2D eigenvalue weighted by Gasteiger charge is -2.19. The fraction of sp³-hybridized carbons (Fsp3) is 0.474. The van der Waals surface area contributed by atoms with E-state index >= 15 is 0 Å². The van der Waals surface area contributed by atoms with Crippen LogP contribution in [0.1, 0.15) is 41.8 Å². The zero-order valence-corrected chi connectivity index (χ0v) is 17.0. The summed E-state index contributed by atoms with van der Waals surface area (Å²) in [5.41, 5.74) is 1.05. The molecule has 0 unspecified atom stereocenters. The number of pyridine rings is 1. The predicted octanol–water partition coefficient (Wildman–Crippen LogP) is 2.92. The number of nitrogens with one attached hydrogen (secondary N) is 1. The number of carbonyl (C=O) groups excluding carboxylic acids is 2. The summed E-state index contributed by atoms with van der Waals surface area (Å²) in [5.74, 6) is -0.105. The van der Waals surface area contributed by atoms with E-state index in [1.54, 1.807) is 29.7 Å². The molecule has 0 spiro atoms. The highest BCUT2D eigenvalue weighted by molar-refractivity contribution is 7.09. The molecule has 7 nitrogen and oxygen atoms in total. The van der Waals surface area contributed by atoms with E-state index in [2.05, 4.69) is 15.3 Å². The Morgan fingerprint density at radius 3 is 2.59 bits per heavy atom. The number of ether oxygens (including phenoxy) is 1. The minimum atomic E-state index is -0.522. The summed E-state index contributed by atoms with van der Waals surface area (Å²) in [6.45, 7) is 6.47. The smallest absolute Gasteiger partial charge is 0.407 e. The highest BCUT2D eigenvalue weighted by atomic mass is 32.1. The third kappa shape index (κ3) is 7.34. The summed E-state index contributed by atoms with van der Waals surface area (Å²) >= 11 is 1.42. The largest absolute Gasteiger partial charge is 0.444 e. The first-order valence-electron chi connectivity index (χ1n) is 8.80. The number of hydrogen-bond donors (Lipinski definition) is 1. The number of hydrogen-bond acceptors (Lipinski definition) is 6. The summed E-state index contributed by atoms with van der Waals surface area (Å²) in [7, 11) is 1.77. The molecule has 2 aromatic rings. The molecule has 0 saturated heterocycles. The number of thiazole rings is 1. The van der Waals surface area contributed by atoms with Gasteiger partial charge in [0.2, 0.25) is 0 Å². The molecule has 0 aromatic carbocycles. The van der Waals surface area contributed by atoms with Gasteiger partial charge in [0, 0.05) is 44.3 Å². The molecule has 2 rings (SSSR count). The molecule has 0 radical (unpaired) electrons. The molecule has 2 heterocycles. The van der Waals surface area contributed by atoms with Crippen LogP contribution in [0.4, 0.5) is 4.79 Å². The maximum atomic E-state index is 12.5. The van der Waals surface area contributed by atoms with Gasteiger partial charge in [0.25, 0.3) is 5.91 Å². The molecular weight excluding hydrogens is 364 g/mol. The van der Waals surface area contributed by atoms with Crippen molar-refractivity contribution >= 4 is 23.3 Å². The van der Waals surface area contributed by atoms with E-state index in [1.807, 2.05) is 32.9 Å². The van der Waals surface area contributed by atoms with E-state index in [1.165, 1.54) is 11.3 Å². The summed E-state index contributed by atoms with van der Waals surface area (Å²) in [4.78, 5) is 34.1. The van der Waals surface area contributed by atoms with E-state index in [9.17, 15) is 9.59 Å². The molecule has 0 saturated carbocycles. The molecule has 0 aliphatic heterocycles. The van der Waals surface area contributed by atoms with E-state index in [0.29, 0.717) is 25.2 Å². The standard InChI is InChI=1S/C19H26N4O3S/c1-19(2,3)26-18(25)21-11-7-16-22-15(13-27-16)17(24)23(4)12-8-14-5-9-20-10-6-14/h5-6,9-10,13H,7-8,11-12H2,1-4H3,(H,21,25). The third-order valence-electron chi connectivity index (χ3n) is 3.61. The Morgan fingerprint density at radius 2 is 1.93 bits per heavy atom. The Hall–Kier alpha value is -2.48. The number of aromatic nitrogens is 2. The molecule has 8 heteroatoms. The Morgan fingerprint density at radius 1 is 1.22 bits per heavy atom. The third-order valence-corrected chi connectivity index (χ3v) is 4.52. The SMILES string of the molecule is CN(CCc1ccncc1)C(=O)c1csc(CCNC(=O)OC(C)(C)C)n1. The molecule has 0 aliphatic carbocycles. The van der Waals surface area contributed by atoms with Crippen molar-refractivity contribution in [1.82, 2.24) is 20.2 Å². The van der Waals surface area contributed by atoms with Crippen LogP contribution in [-0.2, 0) is 17.6 Å². The van der Waals surface area contributed by atoms with Crippen molar-refractivity contribution in [1.29, 1.82) is 0 Å². The maximum Gasteiger partial charge on any atom is 0.407 e. The minimum absolute atomic E-state index is 0.105. The molecule has 0 bridgehead atoms. The van der Waals surface area contributed by atoms with Gasteiger partial charge in [-0.05, 0) is 44.9 Å². The Balaban J connectivity index is 1.78. The first-order chi connectivity index (χ1) is 12.7. The van der Waals surface area contributed by atoms with Crippen LogP contribution in [0.5, 0.6) is 0 Å². The molecular formula is C19H26N4O3S. The Kier molecular flexibility index (Phi) is 7.29. The molecule has 1 N–H and O–H groups in total. The molecule has 0 aliphatic rings. The van der Waals surface area contributed by atoms with Crippen LogP contribution in [-0.4, -0.2) is 52.6 Å². The van der Waals surface area contributed by atoms with Gasteiger partial charge in [-0.2, -0.15) is 0 Å². The number of rotatable bonds is 7. The van der Waals surface area contributed by atoms with Crippen molar-refractivity contribution in [2.45, 2.75) is 39.2 Å². The van der Waals surface area contributed by atoms with Crippen LogP contribution in [0.2, 0.25) is 0 Å². The number of likely N-dealkylation sites (N-methyl/N-ethyl adjacent to an activating group) is 1. The van der Waals surface area contributed by atoms with Crippen molar-refractivity contribution in [3.05, 3.63) is 46.2 Å². The van der Waals surface area contributed by atoms with Crippen LogP contribution in [0, 0.1) is 0 Å². The number of amides is 2. The Bertz CT molecular complexity index is 756. The number of carbonyl (C=O) groups is 2. The van der Waals surface area contributed by atoms with Crippen molar-refractivity contribution < 1.29 is 14.3 Å². The topological polar surface area (TPSA) is 84.4 Å². The van der Waals surface area contributed by atoms with Gasteiger partial charge in [-0.1, -0.05) is 0 Å². The second kappa shape index (κ2) is 9.45. The molecule has 2 aromatic heterocycles. The monoisotopic (exact) mass is 390 g/mol. The summed E-state index contributed by atoms with van der Waals surface area (Å²) < 4.78 is 5.18. The van der Waals surface area contributed by atoms with Gasteiger partial charge in [-0.15, -0.1) is 11.3 Å². The maximum absolute atomic E-state index is 12.5. The van der Waals surface area contributed by atoms with Gasteiger partial charge in [0.1, 0.15) is 11.3 Å². The van der Waals surface area contributed by atoms with E-state index in [-0.39, 0.29) is 5.91 Å². The van der Waals surface area contributed by atoms with E-state index < -0.39 is 11.7 Å². The first kappa shape index (κ1) is 20.8. The quantitative estimate of drug-likeness (QED) is 0.786. The van der Waals surface area contributed by atoms with E-state index in [0.717, 1.165) is 17.0 Å². The number of alkyl carbamates (subject to hydrolysis) is 1. The molecule has 146 valence electrons. The lowest BCUT2D eigenvalue weighted by molar-refractivity contribution is 0.0528. The van der Waals surface area contributed by atoms with Gasteiger partial charge >= 0.3 is 6.09 Å². The fourth-order valence-electron chi connectivity index (χ4n) is 2.25. The van der Waals surface area contributed by atoms with Crippen molar-refractivity contribution in [2.75, 3.05) is 20.1 Å². The molecule has 27 heavy (non-hydrogen) atoms. The predicted molar refractivity (Wildman–Crippen MR) is 105 cm³/mol. The van der Waals surface area contributed by atoms with Gasteiger partial charge in [-0.3, -0.25) is 9.78 Å². The van der Waals surface area contributed by atoms with Gasteiger partial charge in [0.15, 0.2) is 0 Å². The zero-order valence-electron chi connectivity index (χ0n) is 16.2. The average molecular weight is 391 g/mol. The molecule has 2 amide bonds. The molecule has 0 fully saturated rings. The van der Waals surface area contributed by atoms with Gasteiger partial charge in [-0.25, -0.2) is 9.78 Å².